The van der Waals surface area contributed by atoms with E-state index in [0.717, 1.165) is 12.3 Å². The Morgan fingerprint density at radius 2 is 1.83 bits per heavy atom. The first-order valence-corrected chi connectivity index (χ1v) is 8.83. The van der Waals surface area contributed by atoms with Crippen molar-refractivity contribution < 1.29 is 27.2 Å². The van der Waals surface area contributed by atoms with Gasteiger partial charge in [-0.15, -0.1) is 0 Å². The molecule has 0 aliphatic carbocycles. The summed E-state index contributed by atoms with van der Waals surface area (Å²) in [6.07, 6.45) is -2.32. The number of amides is 2. The number of anilines is 2. The molecule has 30 heavy (non-hydrogen) atoms. The molecule has 0 bridgehead atoms. The van der Waals surface area contributed by atoms with Gasteiger partial charge in [-0.2, -0.15) is 13.2 Å². The van der Waals surface area contributed by atoms with E-state index in [1.807, 2.05) is 0 Å². The lowest BCUT2D eigenvalue weighted by atomic mass is 10.2. The summed E-state index contributed by atoms with van der Waals surface area (Å²) in [6, 6.07) is 11.6. The summed E-state index contributed by atoms with van der Waals surface area (Å²) >= 11 is 0. The first-order chi connectivity index (χ1) is 14.3. The average Bonchev–Trinajstić information content (AvgIpc) is 3.26. The minimum atomic E-state index is -4.44. The van der Waals surface area contributed by atoms with Gasteiger partial charge < -0.3 is 20.4 Å². The molecule has 0 saturated heterocycles. The van der Waals surface area contributed by atoms with Gasteiger partial charge in [-0.25, -0.2) is 4.98 Å². The molecule has 3 rings (SSSR count). The van der Waals surface area contributed by atoms with Crippen molar-refractivity contribution in [3.05, 3.63) is 77.9 Å². The van der Waals surface area contributed by atoms with Crippen LogP contribution in [0.2, 0.25) is 0 Å². The highest BCUT2D eigenvalue weighted by atomic mass is 19.4. The Labute approximate surface area is 169 Å². The number of nitrogens with zero attached hydrogens (tertiary/aromatic N) is 1. The molecule has 0 aliphatic rings. The molecule has 7 nitrogen and oxygen atoms in total. The van der Waals surface area contributed by atoms with E-state index in [4.69, 9.17) is 4.42 Å². The second kappa shape index (κ2) is 9.12. The normalized spacial score (nSPS) is 11.0. The van der Waals surface area contributed by atoms with Crippen LogP contribution in [0.5, 0.6) is 0 Å². The minimum absolute atomic E-state index is 0.146. The molecule has 0 spiro atoms. The number of hydrogen-bond donors (Lipinski definition) is 3. The van der Waals surface area contributed by atoms with E-state index >= 15 is 0 Å². The summed E-state index contributed by atoms with van der Waals surface area (Å²) in [5.74, 6) is -0.398. The first-order valence-electron chi connectivity index (χ1n) is 8.83. The number of carbonyl (C=O) groups excluding carboxylic acids is 2. The Morgan fingerprint density at radius 1 is 1.00 bits per heavy atom. The summed E-state index contributed by atoms with van der Waals surface area (Å²) in [5, 5.41) is 8.13. The van der Waals surface area contributed by atoms with Gasteiger partial charge in [0, 0.05) is 30.5 Å². The van der Waals surface area contributed by atoms with Crippen molar-refractivity contribution in [1.82, 2.24) is 10.3 Å². The van der Waals surface area contributed by atoms with E-state index in [1.54, 1.807) is 24.3 Å². The predicted octanol–water partition coefficient (Wildman–Crippen LogP) is 3.79. The maximum atomic E-state index is 12.5. The highest BCUT2D eigenvalue weighted by Gasteiger charge is 2.30. The van der Waals surface area contributed by atoms with E-state index in [9.17, 15) is 22.8 Å². The lowest BCUT2D eigenvalue weighted by Crippen LogP contribution is -2.29. The van der Waals surface area contributed by atoms with E-state index in [-0.39, 0.29) is 30.6 Å². The van der Waals surface area contributed by atoms with Gasteiger partial charge >= 0.3 is 6.18 Å². The van der Waals surface area contributed by atoms with Gasteiger partial charge in [-0.05, 0) is 42.5 Å². The van der Waals surface area contributed by atoms with Crippen LogP contribution >= 0.6 is 0 Å². The fraction of sp³-hybridized carbons (Fsp3) is 0.150. The van der Waals surface area contributed by atoms with Gasteiger partial charge in [0.2, 0.25) is 0 Å². The zero-order chi connectivity index (χ0) is 21.6. The number of carbonyl (C=O) groups is 2. The highest BCUT2D eigenvalue weighted by molar-refractivity contribution is 6.03. The molecule has 0 saturated carbocycles. The van der Waals surface area contributed by atoms with Gasteiger partial charge in [-0.1, -0.05) is 6.07 Å². The molecule has 2 aromatic heterocycles. The number of aromatic nitrogens is 1. The summed E-state index contributed by atoms with van der Waals surface area (Å²) in [5.41, 5.74) is -0.0728. The molecular formula is C20H17F3N4O3. The molecular weight excluding hydrogens is 401 g/mol. The Bertz CT molecular complexity index is 1000. The van der Waals surface area contributed by atoms with Crippen LogP contribution in [0.15, 0.2) is 65.4 Å². The van der Waals surface area contributed by atoms with Gasteiger partial charge in [0.1, 0.15) is 5.82 Å². The summed E-state index contributed by atoms with van der Waals surface area (Å²) in [4.78, 5) is 28.0. The van der Waals surface area contributed by atoms with E-state index in [2.05, 4.69) is 20.9 Å². The zero-order valence-corrected chi connectivity index (χ0v) is 15.5. The van der Waals surface area contributed by atoms with Crippen LogP contribution in [0.3, 0.4) is 0 Å². The molecule has 0 atom stereocenters. The summed E-state index contributed by atoms with van der Waals surface area (Å²) in [6.45, 7) is 0.476. The van der Waals surface area contributed by atoms with Crippen LogP contribution < -0.4 is 16.0 Å². The molecule has 1 aromatic carbocycles. The average molecular weight is 418 g/mol. The second-order valence-electron chi connectivity index (χ2n) is 6.12. The number of hydrogen-bond acceptors (Lipinski definition) is 5. The lowest BCUT2D eigenvalue weighted by Gasteiger charge is -2.10. The quantitative estimate of drug-likeness (QED) is 0.508. The van der Waals surface area contributed by atoms with Crippen LogP contribution in [0, 0.1) is 0 Å². The third-order valence-electron chi connectivity index (χ3n) is 3.94. The first kappa shape index (κ1) is 20.9. The molecule has 2 amide bonds. The van der Waals surface area contributed by atoms with Crippen LogP contribution in [-0.4, -0.2) is 29.9 Å². The van der Waals surface area contributed by atoms with Crippen molar-refractivity contribution >= 4 is 23.3 Å². The lowest BCUT2D eigenvalue weighted by molar-refractivity contribution is -0.137. The largest absolute Gasteiger partial charge is 0.459 e. The molecule has 0 radical (unpaired) electrons. The number of rotatable bonds is 7. The Kier molecular flexibility index (Phi) is 6.35. The molecule has 0 unspecified atom stereocenters. The smallest absolute Gasteiger partial charge is 0.417 e. The van der Waals surface area contributed by atoms with Crippen LogP contribution in [0.4, 0.5) is 24.7 Å². The minimum Gasteiger partial charge on any atom is -0.459 e. The zero-order valence-electron chi connectivity index (χ0n) is 15.5. The van der Waals surface area contributed by atoms with E-state index in [1.165, 1.54) is 24.5 Å². The highest BCUT2D eigenvalue weighted by Crippen LogP contribution is 2.28. The molecule has 3 N–H and O–H groups in total. The predicted molar refractivity (Wildman–Crippen MR) is 103 cm³/mol. The number of nitrogens with one attached hydrogen (secondary N) is 3. The summed E-state index contributed by atoms with van der Waals surface area (Å²) in [7, 11) is 0. The maximum absolute atomic E-state index is 12.5. The van der Waals surface area contributed by atoms with Crippen molar-refractivity contribution in [2.24, 2.45) is 0 Å². The fourth-order valence-corrected chi connectivity index (χ4v) is 2.47. The number of pyridine rings is 1. The Hall–Kier alpha value is -3.82. The maximum Gasteiger partial charge on any atom is 0.417 e. The van der Waals surface area contributed by atoms with Crippen molar-refractivity contribution in [2.75, 3.05) is 23.7 Å². The van der Waals surface area contributed by atoms with Crippen molar-refractivity contribution in [1.29, 1.82) is 0 Å². The van der Waals surface area contributed by atoms with Crippen molar-refractivity contribution in [2.45, 2.75) is 6.18 Å². The van der Waals surface area contributed by atoms with Gasteiger partial charge in [0.25, 0.3) is 11.8 Å². The fourth-order valence-electron chi connectivity index (χ4n) is 2.47. The number of furan rings is 1. The SMILES string of the molecule is O=C(NCCNc1ccc(C(F)(F)F)cn1)c1cccc(NC(=O)c2ccco2)c1. The topological polar surface area (TPSA) is 96.3 Å². The molecule has 0 aliphatic heterocycles. The molecule has 0 fully saturated rings. The van der Waals surface area contributed by atoms with Gasteiger partial charge in [0.15, 0.2) is 5.76 Å². The van der Waals surface area contributed by atoms with Gasteiger partial charge in [-0.3, -0.25) is 9.59 Å². The molecule has 10 heteroatoms. The number of alkyl halides is 3. The third kappa shape index (κ3) is 5.60. The molecule has 3 aromatic rings. The van der Waals surface area contributed by atoms with Crippen LogP contribution in [0.1, 0.15) is 26.5 Å². The monoisotopic (exact) mass is 418 g/mol. The standard InChI is InChI=1S/C20H17F3N4O3/c21-20(22,23)14-6-7-17(26-12-14)24-8-9-25-18(28)13-3-1-4-15(11-13)27-19(29)16-5-2-10-30-16/h1-7,10-12H,8-9H2,(H,24,26)(H,25,28)(H,27,29). The molecule has 2 heterocycles. The Morgan fingerprint density at radius 3 is 2.50 bits per heavy atom. The van der Waals surface area contributed by atoms with Gasteiger partial charge in [0.05, 0.1) is 11.8 Å². The van der Waals surface area contributed by atoms with Crippen LogP contribution in [-0.2, 0) is 6.18 Å². The Balaban J connectivity index is 1.47. The second-order valence-corrected chi connectivity index (χ2v) is 6.12. The molecule has 156 valence electrons. The number of halogens is 3. The number of benzene rings is 1. The van der Waals surface area contributed by atoms with Crippen molar-refractivity contribution in [3.8, 4) is 0 Å². The third-order valence-corrected chi connectivity index (χ3v) is 3.94. The van der Waals surface area contributed by atoms with E-state index in [0.29, 0.717) is 11.3 Å². The van der Waals surface area contributed by atoms with E-state index < -0.39 is 17.6 Å². The van der Waals surface area contributed by atoms with Crippen LogP contribution in [0.25, 0.3) is 0 Å². The summed E-state index contributed by atoms with van der Waals surface area (Å²) < 4.78 is 42.5. The van der Waals surface area contributed by atoms with Crippen molar-refractivity contribution in [3.63, 3.8) is 0 Å².